The van der Waals surface area contributed by atoms with Gasteiger partial charge in [0.1, 0.15) is 17.5 Å². The van der Waals surface area contributed by atoms with Gasteiger partial charge in [-0.15, -0.1) is 0 Å². The third kappa shape index (κ3) is 4.58. The third-order valence-electron chi connectivity index (χ3n) is 2.59. The van der Waals surface area contributed by atoms with Crippen LogP contribution in [0.4, 0.5) is 0 Å². The molecule has 0 spiro atoms. The highest BCUT2D eigenvalue weighted by molar-refractivity contribution is 5.81. The molecular weight excluding hydrogens is 226 g/mol. The third-order valence-corrected chi connectivity index (χ3v) is 2.59. The van der Waals surface area contributed by atoms with Crippen molar-refractivity contribution in [3.63, 3.8) is 0 Å². The summed E-state index contributed by atoms with van der Waals surface area (Å²) in [5.41, 5.74) is 0.980. The van der Waals surface area contributed by atoms with Crippen LogP contribution in [0.2, 0.25) is 0 Å². The van der Waals surface area contributed by atoms with Crippen LogP contribution in [-0.2, 0) is 11.2 Å². The van der Waals surface area contributed by atoms with Gasteiger partial charge in [0.05, 0.1) is 12.7 Å². The lowest BCUT2D eigenvalue weighted by Gasteiger charge is -2.10. The summed E-state index contributed by atoms with van der Waals surface area (Å²) >= 11 is 0. The van der Waals surface area contributed by atoms with Crippen LogP contribution >= 0.6 is 0 Å². The first-order valence-electron chi connectivity index (χ1n) is 6.14. The predicted molar refractivity (Wildman–Crippen MR) is 70.3 cm³/mol. The molecule has 0 aliphatic rings. The molecular formula is C15H19NO2. The molecule has 0 saturated heterocycles. The van der Waals surface area contributed by atoms with Crippen LogP contribution in [0.1, 0.15) is 26.3 Å². The van der Waals surface area contributed by atoms with Gasteiger partial charge in [-0.1, -0.05) is 26.0 Å². The highest BCUT2D eigenvalue weighted by Crippen LogP contribution is 2.16. The molecule has 1 aromatic rings. The Labute approximate surface area is 108 Å². The van der Waals surface area contributed by atoms with Crippen molar-refractivity contribution in [2.45, 2.75) is 27.2 Å². The Morgan fingerprint density at radius 3 is 2.39 bits per heavy atom. The molecule has 18 heavy (non-hydrogen) atoms. The van der Waals surface area contributed by atoms with Crippen LogP contribution in [0, 0.1) is 23.2 Å². The maximum absolute atomic E-state index is 11.2. The summed E-state index contributed by atoms with van der Waals surface area (Å²) in [5, 5.41) is 8.86. The molecule has 3 nitrogen and oxygen atoms in total. The standard InChI is InChI=1S/C15H19NO2/c1-11(2)10-18-15-6-4-13(5-7-15)8-14(9-16)12(3)17/h4-7,11,14H,8,10H2,1-3H3. The lowest BCUT2D eigenvalue weighted by atomic mass is 9.97. The first kappa shape index (κ1) is 14.2. The summed E-state index contributed by atoms with van der Waals surface area (Å²) in [5.74, 6) is 0.680. The van der Waals surface area contributed by atoms with Gasteiger partial charge < -0.3 is 4.74 Å². The molecule has 1 unspecified atom stereocenters. The van der Waals surface area contributed by atoms with E-state index in [1.54, 1.807) is 0 Å². The van der Waals surface area contributed by atoms with Gasteiger partial charge in [-0.2, -0.15) is 5.26 Å². The van der Waals surface area contributed by atoms with Crippen molar-refractivity contribution < 1.29 is 9.53 Å². The van der Waals surface area contributed by atoms with E-state index in [4.69, 9.17) is 10.00 Å². The SMILES string of the molecule is CC(=O)C(C#N)Cc1ccc(OCC(C)C)cc1. The second-order valence-corrected chi connectivity index (χ2v) is 4.85. The van der Waals surface area contributed by atoms with Gasteiger partial charge in [-0.05, 0) is 37.0 Å². The number of Topliss-reactive ketones (excluding diaryl/α,β-unsaturated/α-hetero) is 1. The van der Waals surface area contributed by atoms with E-state index in [0.29, 0.717) is 18.9 Å². The second kappa shape index (κ2) is 6.80. The number of carbonyl (C=O) groups is 1. The lowest BCUT2D eigenvalue weighted by Crippen LogP contribution is -2.11. The van der Waals surface area contributed by atoms with Crippen molar-refractivity contribution in [1.29, 1.82) is 5.26 Å². The number of rotatable bonds is 6. The molecule has 0 N–H and O–H groups in total. The van der Waals surface area contributed by atoms with Crippen LogP contribution < -0.4 is 4.74 Å². The van der Waals surface area contributed by atoms with Crippen LogP contribution in [0.15, 0.2) is 24.3 Å². The Bertz CT molecular complexity index is 429. The molecule has 0 aliphatic carbocycles. The Hall–Kier alpha value is -1.82. The number of benzene rings is 1. The van der Waals surface area contributed by atoms with E-state index >= 15 is 0 Å². The minimum atomic E-state index is -0.549. The van der Waals surface area contributed by atoms with E-state index in [2.05, 4.69) is 13.8 Å². The van der Waals surface area contributed by atoms with E-state index < -0.39 is 5.92 Å². The van der Waals surface area contributed by atoms with Crippen LogP contribution in [0.5, 0.6) is 5.75 Å². The fourth-order valence-electron chi connectivity index (χ4n) is 1.50. The number of carbonyl (C=O) groups excluding carboxylic acids is 1. The van der Waals surface area contributed by atoms with Crippen molar-refractivity contribution in [3.8, 4) is 11.8 Å². The average molecular weight is 245 g/mol. The van der Waals surface area contributed by atoms with E-state index in [9.17, 15) is 4.79 Å². The van der Waals surface area contributed by atoms with E-state index in [1.807, 2.05) is 30.3 Å². The summed E-state index contributed by atoms with van der Waals surface area (Å²) in [7, 11) is 0. The molecule has 0 heterocycles. The molecule has 1 atom stereocenters. The molecule has 3 heteroatoms. The molecule has 0 radical (unpaired) electrons. The van der Waals surface area contributed by atoms with Gasteiger partial charge in [0.25, 0.3) is 0 Å². The monoisotopic (exact) mass is 245 g/mol. The zero-order valence-electron chi connectivity index (χ0n) is 11.1. The normalized spacial score (nSPS) is 11.9. The number of ether oxygens (including phenoxy) is 1. The highest BCUT2D eigenvalue weighted by Gasteiger charge is 2.13. The number of hydrogen-bond donors (Lipinski definition) is 0. The molecule has 1 rings (SSSR count). The van der Waals surface area contributed by atoms with Gasteiger partial charge in [-0.3, -0.25) is 4.79 Å². The Morgan fingerprint density at radius 2 is 1.94 bits per heavy atom. The highest BCUT2D eigenvalue weighted by atomic mass is 16.5. The van der Waals surface area contributed by atoms with E-state index in [0.717, 1.165) is 11.3 Å². The van der Waals surface area contributed by atoms with E-state index in [1.165, 1.54) is 6.92 Å². The Balaban J connectivity index is 2.60. The van der Waals surface area contributed by atoms with E-state index in [-0.39, 0.29) is 5.78 Å². The zero-order chi connectivity index (χ0) is 13.5. The van der Waals surface area contributed by atoms with Crippen LogP contribution in [0.25, 0.3) is 0 Å². The van der Waals surface area contributed by atoms with Crippen molar-refractivity contribution in [3.05, 3.63) is 29.8 Å². The van der Waals surface area contributed by atoms with Gasteiger partial charge in [0.15, 0.2) is 0 Å². The van der Waals surface area contributed by atoms with Crippen molar-refractivity contribution in [2.24, 2.45) is 11.8 Å². The van der Waals surface area contributed by atoms with Crippen LogP contribution in [-0.4, -0.2) is 12.4 Å². The largest absolute Gasteiger partial charge is 0.493 e. The minimum absolute atomic E-state index is 0.0855. The quantitative estimate of drug-likeness (QED) is 0.774. The summed E-state index contributed by atoms with van der Waals surface area (Å²) in [6, 6.07) is 9.60. The maximum atomic E-state index is 11.2. The number of ketones is 1. The summed E-state index contributed by atoms with van der Waals surface area (Å²) in [6.45, 7) is 6.33. The first-order valence-corrected chi connectivity index (χ1v) is 6.14. The fraction of sp³-hybridized carbons (Fsp3) is 0.467. The number of nitriles is 1. The summed E-state index contributed by atoms with van der Waals surface area (Å²) in [6.07, 6.45) is 0.469. The molecule has 0 bridgehead atoms. The van der Waals surface area contributed by atoms with Gasteiger partial charge in [-0.25, -0.2) is 0 Å². The molecule has 0 saturated carbocycles. The molecule has 96 valence electrons. The van der Waals surface area contributed by atoms with Gasteiger partial charge >= 0.3 is 0 Å². The summed E-state index contributed by atoms with van der Waals surface area (Å²) < 4.78 is 5.57. The zero-order valence-corrected chi connectivity index (χ0v) is 11.1. The molecule has 1 aromatic carbocycles. The number of hydrogen-bond acceptors (Lipinski definition) is 3. The molecule has 0 amide bonds. The Morgan fingerprint density at radius 1 is 1.33 bits per heavy atom. The Kier molecular flexibility index (Phi) is 5.38. The fourth-order valence-corrected chi connectivity index (χ4v) is 1.50. The average Bonchev–Trinajstić information content (AvgIpc) is 2.34. The summed E-state index contributed by atoms with van der Waals surface area (Å²) in [4.78, 5) is 11.2. The van der Waals surface area contributed by atoms with Crippen molar-refractivity contribution in [2.75, 3.05) is 6.61 Å². The predicted octanol–water partition coefficient (Wildman–Crippen LogP) is 2.99. The van der Waals surface area contributed by atoms with Gasteiger partial charge in [0, 0.05) is 0 Å². The smallest absolute Gasteiger partial charge is 0.147 e. The molecule has 0 aromatic heterocycles. The second-order valence-electron chi connectivity index (χ2n) is 4.85. The minimum Gasteiger partial charge on any atom is -0.493 e. The lowest BCUT2D eigenvalue weighted by molar-refractivity contribution is -0.119. The molecule has 0 aliphatic heterocycles. The maximum Gasteiger partial charge on any atom is 0.147 e. The van der Waals surface area contributed by atoms with Crippen molar-refractivity contribution >= 4 is 5.78 Å². The number of nitrogens with zero attached hydrogens (tertiary/aromatic N) is 1. The van der Waals surface area contributed by atoms with Crippen molar-refractivity contribution in [1.82, 2.24) is 0 Å². The van der Waals surface area contributed by atoms with Crippen LogP contribution in [0.3, 0.4) is 0 Å². The topological polar surface area (TPSA) is 50.1 Å². The first-order chi connectivity index (χ1) is 8.52. The molecule has 0 fully saturated rings. The van der Waals surface area contributed by atoms with Gasteiger partial charge in [0.2, 0.25) is 0 Å².